The van der Waals surface area contributed by atoms with Gasteiger partial charge in [-0.1, -0.05) is 30.4 Å². The molecule has 1 amide bonds. The Balaban J connectivity index is 1.54. The molecule has 1 N–H and O–H groups in total. The average Bonchev–Trinajstić information content (AvgIpc) is 2.75. The standard InChI is InChI=1S/C24H31N3O3/c1-4-6-19-9-10-22(23(16-19)29-3)30-18-24(28)25-21-8-5-7-20(15-21)17-27-13-11-26(2)12-14-27/h4-10,15-16H,11-14,17-18H2,1-3H3,(H,25,28). The van der Waals surface area contributed by atoms with Crippen LogP contribution in [0.25, 0.3) is 6.08 Å². The number of hydrogen-bond donors (Lipinski definition) is 1. The molecule has 0 atom stereocenters. The zero-order valence-corrected chi connectivity index (χ0v) is 18.1. The molecule has 0 radical (unpaired) electrons. The summed E-state index contributed by atoms with van der Waals surface area (Å²) < 4.78 is 11.1. The molecular weight excluding hydrogens is 378 g/mol. The molecule has 0 bridgehead atoms. The fourth-order valence-corrected chi connectivity index (χ4v) is 3.45. The Morgan fingerprint density at radius 1 is 1.10 bits per heavy atom. The molecule has 0 saturated carbocycles. The van der Waals surface area contributed by atoms with Crippen LogP contribution >= 0.6 is 0 Å². The van der Waals surface area contributed by atoms with Crippen molar-refractivity contribution in [3.8, 4) is 11.5 Å². The number of nitrogens with one attached hydrogen (secondary N) is 1. The summed E-state index contributed by atoms with van der Waals surface area (Å²) in [6, 6.07) is 13.6. The van der Waals surface area contributed by atoms with Gasteiger partial charge < -0.3 is 19.7 Å². The number of benzene rings is 2. The molecule has 2 aromatic rings. The van der Waals surface area contributed by atoms with Crippen molar-refractivity contribution in [2.75, 3.05) is 52.3 Å². The summed E-state index contributed by atoms with van der Waals surface area (Å²) in [7, 11) is 3.75. The normalized spacial score (nSPS) is 15.3. The van der Waals surface area contributed by atoms with Crippen molar-refractivity contribution in [3.05, 3.63) is 59.7 Å². The number of piperazine rings is 1. The van der Waals surface area contributed by atoms with Gasteiger partial charge in [-0.2, -0.15) is 0 Å². The zero-order valence-electron chi connectivity index (χ0n) is 18.1. The predicted molar refractivity (Wildman–Crippen MR) is 121 cm³/mol. The highest BCUT2D eigenvalue weighted by molar-refractivity contribution is 5.92. The third kappa shape index (κ3) is 6.34. The van der Waals surface area contributed by atoms with E-state index in [2.05, 4.69) is 28.2 Å². The smallest absolute Gasteiger partial charge is 0.262 e. The summed E-state index contributed by atoms with van der Waals surface area (Å²) in [4.78, 5) is 17.2. The third-order valence-electron chi connectivity index (χ3n) is 5.12. The summed E-state index contributed by atoms with van der Waals surface area (Å²) in [5.74, 6) is 0.948. The first kappa shape index (κ1) is 21.9. The van der Waals surface area contributed by atoms with Crippen LogP contribution in [-0.2, 0) is 11.3 Å². The maximum absolute atomic E-state index is 12.4. The van der Waals surface area contributed by atoms with E-state index in [9.17, 15) is 4.79 Å². The second kappa shape index (κ2) is 10.8. The first-order valence-corrected chi connectivity index (χ1v) is 10.3. The number of rotatable bonds is 8. The Morgan fingerprint density at radius 2 is 1.90 bits per heavy atom. The minimum absolute atomic E-state index is 0.0813. The largest absolute Gasteiger partial charge is 0.493 e. The lowest BCUT2D eigenvalue weighted by Crippen LogP contribution is -2.43. The van der Waals surface area contributed by atoms with Gasteiger partial charge in [0.15, 0.2) is 18.1 Å². The molecule has 30 heavy (non-hydrogen) atoms. The van der Waals surface area contributed by atoms with Crippen molar-refractivity contribution >= 4 is 17.7 Å². The van der Waals surface area contributed by atoms with Crippen LogP contribution in [0.3, 0.4) is 0 Å². The number of anilines is 1. The highest BCUT2D eigenvalue weighted by Crippen LogP contribution is 2.28. The van der Waals surface area contributed by atoms with E-state index in [4.69, 9.17) is 9.47 Å². The van der Waals surface area contributed by atoms with Gasteiger partial charge in [0.2, 0.25) is 0 Å². The monoisotopic (exact) mass is 409 g/mol. The number of ether oxygens (including phenoxy) is 2. The molecule has 1 heterocycles. The van der Waals surface area contributed by atoms with Gasteiger partial charge in [-0.05, 0) is 49.4 Å². The number of likely N-dealkylation sites (N-methyl/N-ethyl adjacent to an activating group) is 1. The molecule has 6 nitrogen and oxygen atoms in total. The van der Waals surface area contributed by atoms with Crippen molar-refractivity contribution < 1.29 is 14.3 Å². The van der Waals surface area contributed by atoms with Crippen LogP contribution in [-0.4, -0.2) is 62.7 Å². The second-order valence-electron chi connectivity index (χ2n) is 7.53. The van der Waals surface area contributed by atoms with Gasteiger partial charge in [0.1, 0.15) is 0 Å². The SMILES string of the molecule is CC=Cc1ccc(OCC(=O)Nc2cccc(CN3CCN(C)CC3)c2)c(OC)c1. The van der Waals surface area contributed by atoms with Crippen LogP contribution in [0.15, 0.2) is 48.5 Å². The molecule has 1 aliphatic heterocycles. The maximum Gasteiger partial charge on any atom is 0.262 e. The molecule has 0 spiro atoms. The van der Waals surface area contributed by atoms with Crippen molar-refractivity contribution in [2.24, 2.45) is 0 Å². The van der Waals surface area contributed by atoms with Gasteiger partial charge >= 0.3 is 0 Å². The Hall–Kier alpha value is -2.83. The van der Waals surface area contributed by atoms with Crippen LogP contribution in [0.2, 0.25) is 0 Å². The van der Waals surface area contributed by atoms with Gasteiger partial charge in [0, 0.05) is 38.4 Å². The number of allylic oxidation sites excluding steroid dienone is 1. The van der Waals surface area contributed by atoms with Crippen LogP contribution < -0.4 is 14.8 Å². The molecule has 0 aromatic heterocycles. The summed E-state index contributed by atoms with van der Waals surface area (Å²) in [6.45, 7) is 7.08. The first-order valence-electron chi connectivity index (χ1n) is 10.3. The van der Waals surface area contributed by atoms with Crippen molar-refractivity contribution in [3.63, 3.8) is 0 Å². The fraction of sp³-hybridized carbons (Fsp3) is 0.375. The van der Waals surface area contributed by atoms with Crippen molar-refractivity contribution in [1.29, 1.82) is 0 Å². The Morgan fingerprint density at radius 3 is 2.63 bits per heavy atom. The summed E-state index contributed by atoms with van der Waals surface area (Å²) in [5.41, 5.74) is 2.99. The molecule has 2 aromatic carbocycles. The number of hydrogen-bond acceptors (Lipinski definition) is 5. The molecular formula is C24H31N3O3. The van der Waals surface area contributed by atoms with Crippen LogP contribution in [0, 0.1) is 0 Å². The Kier molecular flexibility index (Phi) is 7.88. The fourth-order valence-electron chi connectivity index (χ4n) is 3.45. The lowest BCUT2D eigenvalue weighted by molar-refractivity contribution is -0.118. The molecule has 0 aliphatic carbocycles. The zero-order chi connectivity index (χ0) is 21.3. The van der Waals surface area contributed by atoms with E-state index >= 15 is 0 Å². The van der Waals surface area contributed by atoms with Gasteiger partial charge in [0.25, 0.3) is 5.91 Å². The van der Waals surface area contributed by atoms with Crippen LogP contribution in [0.5, 0.6) is 11.5 Å². The highest BCUT2D eigenvalue weighted by atomic mass is 16.5. The minimum atomic E-state index is -0.202. The molecule has 0 unspecified atom stereocenters. The number of amides is 1. The second-order valence-corrected chi connectivity index (χ2v) is 7.53. The van der Waals surface area contributed by atoms with E-state index in [1.165, 1.54) is 5.56 Å². The highest BCUT2D eigenvalue weighted by Gasteiger charge is 2.14. The number of nitrogens with zero attached hydrogens (tertiary/aromatic N) is 2. The molecule has 160 valence electrons. The van der Waals surface area contributed by atoms with Gasteiger partial charge in [0.05, 0.1) is 7.11 Å². The summed E-state index contributed by atoms with van der Waals surface area (Å²) in [6.07, 6.45) is 3.94. The Labute approximate surface area is 179 Å². The van der Waals surface area contributed by atoms with E-state index < -0.39 is 0 Å². The number of methoxy groups -OCH3 is 1. The van der Waals surface area contributed by atoms with E-state index in [1.807, 2.05) is 55.5 Å². The first-order chi connectivity index (χ1) is 14.6. The van der Waals surface area contributed by atoms with E-state index in [1.54, 1.807) is 7.11 Å². The third-order valence-corrected chi connectivity index (χ3v) is 5.12. The lowest BCUT2D eigenvalue weighted by Gasteiger charge is -2.32. The average molecular weight is 410 g/mol. The van der Waals surface area contributed by atoms with Gasteiger partial charge in [-0.15, -0.1) is 0 Å². The van der Waals surface area contributed by atoms with Gasteiger partial charge in [-0.25, -0.2) is 0 Å². The lowest BCUT2D eigenvalue weighted by atomic mass is 10.1. The maximum atomic E-state index is 12.4. The molecule has 1 saturated heterocycles. The molecule has 3 rings (SSSR count). The predicted octanol–water partition coefficient (Wildman–Crippen LogP) is 3.49. The Bertz CT molecular complexity index is 874. The van der Waals surface area contributed by atoms with Gasteiger partial charge in [-0.3, -0.25) is 9.69 Å². The molecule has 1 fully saturated rings. The van der Waals surface area contributed by atoms with Crippen molar-refractivity contribution in [2.45, 2.75) is 13.5 Å². The van der Waals surface area contributed by atoms with E-state index in [0.717, 1.165) is 44.0 Å². The summed E-state index contributed by atoms with van der Waals surface area (Å²) in [5, 5.41) is 2.92. The topological polar surface area (TPSA) is 54.0 Å². The molecule has 1 aliphatic rings. The quantitative estimate of drug-likeness (QED) is 0.723. The minimum Gasteiger partial charge on any atom is -0.493 e. The van der Waals surface area contributed by atoms with Crippen LogP contribution in [0.1, 0.15) is 18.1 Å². The molecule has 6 heteroatoms. The number of carbonyl (C=O) groups excluding carboxylic acids is 1. The van der Waals surface area contributed by atoms with E-state index in [-0.39, 0.29) is 12.5 Å². The summed E-state index contributed by atoms with van der Waals surface area (Å²) >= 11 is 0. The van der Waals surface area contributed by atoms with Crippen LogP contribution in [0.4, 0.5) is 5.69 Å². The van der Waals surface area contributed by atoms with E-state index in [0.29, 0.717) is 11.5 Å². The van der Waals surface area contributed by atoms with Crippen molar-refractivity contribution in [1.82, 2.24) is 9.80 Å². The number of carbonyl (C=O) groups is 1.